The smallest absolute Gasteiger partial charge is 0.434 e. The number of carbonyl (C=O) groups is 1. The molecule has 1 fully saturated rings. The van der Waals surface area contributed by atoms with Crippen molar-refractivity contribution in [3.63, 3.8) is 0 Å². The summed E-state index contributed by atoms with van der Waals surface area (Å²) in [5.74, 6) is -0.288. The highest BCUT2D eigenvalue weighted by Gasteiger charge is 2.42. The molecule has 162 valence electrons. The fourth-order valence-corrected chi connectivity index (χ4v) is 3.22. The third-order valence-electron chi connectivity index (χ3n) is 4.72. The number of amides is 1. The quantitative estimate of drug-likeness (QED) is 0.608. The van der Waals surface area contributed by atoms with E-state index in [0.717, 1.165) is 6.20 Å². The van der Waals surface area contributed by atoms with Crippen molar-refractivity contribution in [3.05, 3.63) is 48.0 Å². The number of halogens is 3. The van der Waals surface area contributed by atoms with Crippen molar-refractivity contribution in [2.24, 2.45) is 0 Å². The number of carbonyl (C=O) groups excluding carboxylic acids is 1. The molecule has 0 unspecified atom stereocenters. The van der Waals surface area contributed by atoms with Gasteiger partial charge in [-0.3, -0.25) is 4.79 Å². The van der Waals surface area contributed by atoms with Crippen LogP contribution in [0.15, 0.2) is 36.8 Å². The molecule has 3 aromatic rings. The van der Waals surface area contributed by atoms with Crippen LogP contribution in [0.3, 0.4) is 0 Å². The fourth-order valence-electron chi connectivity index (χ4n) is 3.22. The van der Waals surface area contributed by atoms with Gasteiger partial charge in [0.05, 0.1) is 18.9 Å². The third kappa shape index (κ3) is 4.11. The van der Waals surface area contributed by atoms with E-state index in [1.807, 2.05) is 4.90 Å². The van der Waals surface area contributed by atoms with Gasteiger partial charge in [0.2, 0.25) is 11.8 Å². The monoisotopic (exact) mass is 434 g/mol. The summed E-state index contributed by atoms with van der Waals surface area (Å²) in [5, 5.41) is 11.1. The van der Waals surface area contributed by atoms with E-state index >= 15 is 0 Å². The van der Waals surface area contributed by atoms with Crippen LogP contribution in [-0.4, -0.2) is 74.0 Å². The van der Waals surface area contributed by atoms with E-state index in [-0.39, 0.29) is 24.8 Å². The van der Waals surface area contributed by atoms with Gasteiger partial charge in [-0.15, -0.1) is 10.2 Å². The molecule has 31 heavy (non-hydrogen) atoms. The predicted molar refractivity (Wildman–Crippen MR) is 101 cm³/mol. The molecule has 0 aromatic carbocycles. The molecule has 0 bridgehead atoms. The lowest BCUT2D eigenvalue weighted by Crippen LogP contribution is -2.49. The van der Waals surface area contributed by atoms with Gasteiger partial charge >= 0.3 is 6.18 Å². The molecule has 1 aliphatic rings. The van der Waals surface area contributed by atoms with Gasteiger partial charge in [0.25, 0.3) is 5.91 Å². The number of hydrogen-bond donors (Lipinski definition) is 0. The van der Waals surface area contributed by atoms with Crippen LogP contribution in [0.1, 0.15) is 16.1 Å². The minimum absolute atomic E-state index is 0.140. The maximum atomic E-state index is 13.9. The van der Waals surface area contributed by atoms with E-state index in [4.69, 9.17) is 4.74 Å². The summed E-state index contributed by atoms with van der Waals surface area (Å²) in [6.07, 6.45) is -0.718. The first-order chi connectivity index (χ1) is 14.9. The van der Waals surface area contributed by atoms with E-state index in [2.05, 4.69) is 25.3 Å². The molecule has 1 amide bonds. The van der Waals surface area contributed by atoms with Crippen molar-refractivity contribution < 1.29 is 22.7 Å². The molecule has 0 N–H and O–H groups in total. The Kier molecular flexibility index (Phi) is 5.40. The Hall–Kier alpha value is -3.77. The zero-order valence-electron chi connectivity index (χ0n) is 16.3. The Labute approximate surface area is 174 Å². The third-order valence-corrected chi connectivity index (χ3v) is 4.72. The Morgan fingerprint density at radius 3 is 2.35 bits per heavy atom. The number of piperazine rings is 1. The van der Waals surface area contributed by atoms with Crippen LogP contribution < -0.4 is 9.64 Å². The zero-order chi connectivity index (χ0) is 22.0. The van der Waals surface area contributed by atoms with Crippen molar-refractivity contribution >= 4 is 11.9 Å². The molecule has 0 radical (unpaired) electrons. The van der Waals surface area contributed by atoms with Crippen molar-refractivity contribution in [2.75, 3.05) is 38.2 Å². The van der Waals surface area contributed by atoms with Crippen LogP contribution >= 0.6 is 0 Å². The molecule has 4 heterocycles. The summed E-state index contributed by atoms with van der Waals surface area (Å²) in [6, 6.07) is 4.32. The second kappa shape index (κ2) is 8.16. The molecule has 1 saturated heterocycles. The molecule has 0 atom stereocenters. The molecule has 4 rings (SSSR count). The Morgan fingerprint density at radius 1 is 1.06 bits per heavy atom. The standard InChI is InChI=1S/C18H17F3N8O2/c1-31-14-4-3-13(25-26-14)29-15(18(19,20)21)12(11-24-29)16(30)27-7-9-28(10-8-27)17-22-5-2-6-23-17/h2-6,11H,7-10H2,1H3. The molecule has 0 saturated carbocycles. The Bertz CT molecular complexity index is 1050. The van der Waals surface area contributed by atoms with Crippen LogP contribution in [0.25, 0.3) is 5.82 Å². The van der Waals surface area contributed by atoms with E-state index in [0.29, 0.717) is 23.7 Å². The average molecular weight is 434 g/mol. The highest BCUT2D eigenvalue weighted by atomic mass is 19.4. The lowest BCUT2D eigenvalue weighted by atomic mass is 10.2. The molecule has 10 nitrogen and oxygen atoms in total. The summed E-state index contributed by atoms with van der Waals surface area (Å²) in [7, 11) is 1.36. The molecule has 0 aliphatic carbocycles. The highest BCUT2D eigenvalue weighted by molar-refractivity contribution is 5.95. The number of rotatable bonds is 4. The van der Waals surface area contributed by atoms with Gasteiger partial charge in [-0.2, -0.15) is 18.3 Å². The van der Waals surface area contributed by atoms with Gasteiger partial charge < -0.3 is 14.5 Å². The maximum absolute atomic E-state index is 13.9. The number of anilines is 1. The molecular formula is C18H17F3N8O2. The van der Waals surface area contributed by atoms with E-state index in [1.165, 1.54) is 24.1 Å². The minimum atomic E-state index is -4.83. The van der Waals surface area contributed by atoms with Gasteiger partial charge in [-0.1, -0.05) is 0 Å². The number of methoxy groups -OCH3 is 1. The largest absolute Gasteiger partial charge is 0.480 e. The number of aromatic nitrogens is 6. The van der Waals surface area contributed by atoms with Crippen molar-refractivity contribution in [2.45, 2.75) is 6.18 Å². The van der Waals surface area contributed by atoms with Gasteiger partial charge in [0, 0.05) is 44.6 Å². The highest BCUT2D eigenvalue weighted by Crippen LogP contribution is 2.34. The van der Waals surface area contributed by atoms with Crippen molar-refractivity contribution in [1.29, 1.82) is 0 Å². The van der Waals surface area contributed by atoms with Crippen molar-refractivity contribution in [3.8, 4) is 11.7 Å². The summed E-state index contributed by atoms with van der Waals surface area (Å²) in [6.45, 7) is 1.24. The van der Waals surface area contributed by atoms with Crippen LogP contribution in [0.4, 0.5) is 19.1 Å². The number of nitrogens with zero attached hydrogens (tertiary/aromatic N) is 8. The normalized spacial score (nSPS) is 14.6. The Balaban J connectivity index is 1.58. The lowest BCUT2D eigenvalue weighted by molar-refractivity contribution is -0.143. The second-order valence-electron chi connectivity index (χ2n) is 6.58. The maximum Gasteiger partial charge on any atom is 0.434 e. The van der Waals surface area contributed by atoms with Crippen molar-refractivity contribution in [1.82, 2.24) is 34.8 Å². The van der Waals surface area contributed by atoms with E-state index < -0.39 is 23.3 Å². The predicted octanol–water partition coefficient (Wildman–Crippen LogP) is 1.44. The number of alkyl halides is 3. The summed E-state index contributed by atoms with van der Waals surface area (Å²) >= 11 is 0. The summed E-state index contributed by atoms with van der Waals surface area (Å²) in [5.41, 5.74) is -1.75. The van der Waals surface area contributed by atoms with Gasteiger partial charge in [0.15, 0.2) is 11.5 Å². The van der Waals surface area contributed by atoms with Gasteiger partial charge in [-0.25, -0.2) is 14.6 Å². The average Bonchev–Trinajstić information content (AvgIpc) is 3.25. The minimum Gasteiger partial charge on any atom is -0.480 e. The fraction of sp³-hybridized carbons (Fsp3) is 0.333. The Morgan fingerprint density at radius 2 is 1.77 bits per heavy atom. The number of ether oxygens (including phenoxy) is 1. The molecule has 0 spiro atoms. The number of hydrogen-bond acceptors (Lipinski definition) is 8. The van der Waals surface area contributed by atoms with E-state index in [1.54, 1.807) is 18.5 Å². The topological polar surface area (TPSA) is 102 Å². The molecular weight excluding hydrogens is 417 g/mol. The summed E-state index contributed by atoms with van der Waals surface area (Å²) in [4.78, 5) is 24.5. The van der Waals surface area contributed by atoms with Gasteiger partial charge in [0.1, 0.15) is 0 Å². The first-order valence-electron chi connectivity index (χ1n) is 9.23. The SMILES string of the molecule is COc1ccc(-n2ncc(C(=O)N3CCN(c4ncccn4)CC3)c2C(F)(F)F)nn1. The molecule has 3 aromatic heterocycles. The zero-order valence-corrected chi connectivity index (χ0v) is 16.3. The van der Waals surface area contributed by atoms with Crippen LogP contribution in [0, 0.1) is 0 Å². The molecule has 1 aliphatic heterocycles. The van der Waals surface area contributed by atoms with Crippen LogP contribution in [0.2, 0.25) is 0 Å². The lowest BCUT2D eigenvalue weighted by Gasteiger charge is -2.34. The van der Waals surface area contributed by atoms with Gasteiger partial charge in [-0.05, 0) is 12.1 Å². The first-order valence-corrected chi connectivity index (χ1v) is 9.23. The summed E-state index contributed by atoms with van der Waals surface area (Å²) < 4.78 is 47.0. The first kappa shape index (κ1) is 20.5. The second-order valence-corrected chi connectivity index (χ2v) is 6.58. The van der Waals surface area contributed by atoms with Crippen LogP contribution in [-0.2, 0) is 6.18 Å². The van der Waals surface area contributed by atoms with E-state index in [9.17, 15) is 18.0 Å². The molecule has 13 heteroatoms. The van der Waals surface area contributed by atoms with Crippen LogP contribution in [0.5, 0.6) is 5.88 Å².